The number of hydrogen-bond donors (Lipinski definition) is 6. The van der Waals surface area contributed by atoms with Crippen LogP contribution in [0.15, 0.2) is 0 Å². The number of halogens is 4. The van der Waals surface area contributed by atoms with Gasteiger partial charge in [-0.3, -0.25) is 0 Å². The molecule has 3 atom stereocenters. The van der Waals surface area contributed by atoms with Crippen LogP contribution in [-0.2, 0) is 21.1 Å². The van der Waals surface area contributed by atoms with Crippen LogP contribution in [0, 0.1) is 6.54 Å². The Morgan fingerprint density at radius 2 is 1.44 bits per heavy atom. The quantitative estimate of drug-likeness (QED) is 0.126. The first-order chi connectivity index (χ1) is 5.13. The second kappa shape index (κ2) is 21.8. The maximum absolute atomic E-state index is 8.93. The normalized spacial score (nSPS) is 13.3. The van der Waals surface area contributed by atoms with E-state index in [0.29, 0.717) is 0 Å². The Morgan fingerprint density at radius 1 is 1.06 bits per heavy atom. The van der Waals surface area contributed by atoms with Gasteiger partial charge in [0.2, 0.25) is 0 Å². The summed E-state index contributed by atoms with van der Waals surface area (Å²) >= 11 is 0. The molecule has 0 fully saturated rings. The minimum absolute atomic E-state index is 0. The zero-order valence-electron chi connectivity index (χ0n) is 7.71. The number of hydrogen-bond acceptors (Lipinski definition) is 6. The molecule has 0 heterocycles. The Bertz CT molecular complexity index is 120. The summed E-state index contributed by atoms with van der Waals surface area (Å²) in [5.41, 5.74) is 2.00. The van der Waals surface area contributed by atoms with Crippen LogP contribution in [0.2, 0.25) is 0 Å². The van der Waals surface area contributed by atoms with E-state index in [4.69, 9.17) is 26.3 Å². The smallest absolute Gasteiger partial charge is 1.00 e. The topological polar surface area (TPSA) is 119 Å². The van der Waals surface area contributed by atoms with E-state index in [9.17, 15) is 0 Å². The first-order valence-electron chi connectivity index (χ1n) is 3.08. The molecule has 0 saturated carbocycles. The average molecular weight is 502 g/mol. The van der Waals surface area contributed by atoms with Gasteiger partial charge < -0.3 is 81.3 Å². The zero-order chi connectivity index (χ0) is 8.85. The Hall–Kier alpha value is 1.61. The Morgan fingerprint density at radius 3 is 1.69 bits per heavy atom. The van der Waals surface area contributed by atoms with Gasteiger partial charge in [-0.1, -0.05) is 0 Å². The molecule has 0 aromatic heterocycles. The molecule has 0 spiro atoms. The summed E-state index contributed by atoms with van der Waals surface area (Å²) < 4.78 is 0. The third-order valence-corrected chi connectivity index (χ3v) is 1.20. The van der Waals surface area contributed by atoms with Crippen molar-refractivity contribution in [2.75, 3.05) is 6.61 Å². The van der Waals surface area contributed by atoms with Crippen LogP contribution in [0.1, 0.15) is 0 Å². The van der Waals surface area contributed by atoms with Crippen molar-refractivity contribution >= 4 is 0 Å². The summed E-state index contributed by atoms with van der Waals surface area (Å²) in [6.45, 7) is 0.375. The number of rotatable bonds is 5. The molecule has 0 amide bonds. The summed E-state index contributed by atoms with van der Waals surface area (Å²) in [6.07, 6.45) is -4.10. The summed E-state index contributed by atoms with van der Waals surface area (Å²) in [6, 6.07) is 0. The molecule has 6 nitrogen and oxygen atoms in total. The van der Waals surface area contributed by atoms with E-state index in [2.05, 4.69) is 0 Å². The Labute approximate surface area is 133 Å². The van der Waals surface area contributed by atoms with E-state index in [0.717, 1.165) is 6.54 Å². The van der Waals surface area contributed by atoms with Crippen LogP contribution >= 0.6 is 0 Å². The van der Waals surface area contributed by atoms with Crippen molar-refractivity contribution < 1.29 is 91.1 Å². The molecule has 0 saturated heterocycles. The van der Waals surface area contributed by atoms with Crippen molar-refractivity contribution in [2.45, 2.75) is 18.3 Å². The summed E-state index contributed by atoms with van der Waals surface area (Å²) in [7, 11) is 0. The van der Waals surface area contributed by atoms with E-state index >= 15 is 0 Å². The van der Waals surface area contributed by atoms with Gasteiger partial charge in [-0.15, -0.1) is 0 Å². The summed E-state index contributed by atoms with van der Waals surface area (Å²) in [4.78, 5) is 0. The summed E-state index contributed by atoms with van der Waals surface area (Å²) in [5, 5.41) is 34.9. The number of nitrogens with one attached hydrogen (secondary N) is 1. The van der Waals surface area contributed by atoms with Crippen molar-refractivity contribution in [3.05, 3.63) is 6.54 Å². The van der Waals surface area contributed by atoms with Crippen LogP contribution in [0.25, 0.3) is 0 Å². The monoisotopic (exact) mass is 500 g/mol. The molecule has 0 aromatic carbocycles. The molecule has 7 N–H and O–H groups in total. The van der Waals surface area contributed by atoms with Crippen molar-refractivity contribution in [2.24, 2.45) is 5.84 Å². The van der Waals surface area contributed by atoms with Gasteiger partial charge in [0.05, 0.1) is 12.7 Å². The molecule has 106 valence electrons. The van der Waals surface area contributed by atoms with Crippen LogP contribution in [0.5, 0.6) is 0 Å². The first-order valence-corrected chi connectivity index (χ1v) is 3.08. The van der Waals surface area contributed by atoms with Crippen molar-refractivity contribution in [1.82, 2.24) is 5.43 Å². The molecule has 0 aliphatic heterocycles. The van der Waals surface area contributed by atoms with Gasteiger partial charge >= 0.3 is 21.1 Å². The predicted octanol–water partition coefficient (Wildman–Crippen LogP) is -15.3. The largest absolute Gasteiger partial charge is 4.00 e. The van der Waals surface area contributed by atoms with Gasteiger partial charge in [0.25, 0.3) is 0 Å². The molecule has 0 aromatic rings. The number of nitrogens with two attached hydrogens (primary N) is 1. The van der Waals surface area contributed by atoms with Gasteiger partial charge in [0.1, 0.15) is 6.10 Å². The minimum atomic E-state index is -1.43. The number of aliphatic hydroxyl groups excluding tert-OH is 4. The van der Waals surface area contributed by atoms with Crippen LogP contribution < -0.4 is 60.9 Å². The molecule has 16 heavy (non-hydrogen) atoms. The molecule has 0 rings (SSSR count). The van der Waals surface area contributed by atoms with Gasteiger partial charge in [0, 0.05) is 0 Å². The third-order valence-electron chi connectivity index (χ3n) is 1.20. The SMILES string of the molecule is NN[CH-][C@@H](O)[C@H](O)[C@H](O)CO.[Cl-].[Cl-].[Cl-].[Cl-].[Pt+4]. The maximum Gasteiger partial charge on any atom is 4.00 e. The van der Waals surface area contributed by atoms with Gasteiger partial charge in [-0.05, 0) is 6.10 Å². The van der Waals surface area contributed by atoms with E-state index < -0.39 is 24.9 Å². The van der Waals surface area contributed by atoms with Crippen molar-refractivity contribution in [1.29, 1.82) is 0 Å². The van der Waals surface area contributed by atoms with E-state index in [1.54, 1.807) is 0 Å². The standard InChI is InChI=1S/C5H13N2O4.4ClH.Pt/c6-7-1-3(9)5(11)4(10)2-8;;;;;/h1,3-5,7-11H,2,6H2;4*1H;/q-1;;;;;+4/p-4/t3-,4-,5+;;;;;/m1...../s1. The van der Waals surface area contributed by atoms with Crippen molar-refractivity contribution in [3.8, 4) is 0 Å². The van der Waals surface area contributed by atoms with E-state index in [1.165, 1.54) is 0 Å². The molecule has 0 unspecified atom stereocenters. The Balaban J connectivity index is -0.0000000500. The molecule has 0 aliphatic rings. The van der Waals surface area contributed by atoms with Gasteiger partial charge in [-0.2, -0.15) is 0 Å². The molecular formula is C5H13Cl4N2O4Pt-. The second-order valence-corrected chi connectivity index (χ2v) is 2.06. The fourth-order valence-electron chi connectivity index (χ4n) is 0.533. The number of hydrazine groups is 1. The predicted molar refractivity (Wildman–Crippen MR) is 36.7 cm³/mol. The fourth-order valence-corrected chi connectivity index (χ4v) is 0.533. The molecule has 11 heteroatoms. The van der Waals surface area contributed by atoms with E-state index in [-0.39, 0.29) is 70.7 Å². The summed E-state index contributed by atoms with van der Waals surface area (Å²) in [5.74, 6) is 4.79. The maximum atomic E-state index is 8.93. The molecule has 0 radical (unpaired) electrons. The first kappa shape index (κ1) is 36.0. The van der Waals surface area contributed by atoms with Crippen LogP contribution in [0.4, 0.5) is 0 Å². The zero-order valence-corrected chi connectivity index (χ0v) is 13.0. The van der Waals surface area contributed by atoms with Crippen molar-refractivity contribution in [3.63, 3.8) is 0 Å². The fraction of sp³-hybridized carbons (Fsp3) is 0.800. The molecule has 0 bridgehead atoms. The number of aliphatic hydroxyl groups is 4. The Kier molecular flexibility index (Phi) is 49.2. The molecular weight excluding hydrogens is 489 g/mol. The molecule has 0 aliphatic carbocycles. The minimum Gasteiger partial charge on any atom is -1.00 e. The second-order valence-electron chi connectivity index (χ2n) is 2.06. The van der Waals surface area contributed by atoms with Gasteiger partial charge in [0.15, 0.2) is 0 Å². The van der Waals surface area contributed by atoms with Crippen LogP contribution in [0.3, 0.4) is 0 Å². The van der Waals surface area contributed by atoms with Gasteiger partial charge in [-0.25, -0.2) is 6.54 Å². The van der Waals surface area contributed by atoms with E-state index in [1.807, 2.05) is 5.43 Å². The third kappa shape index (κ3) is 15.6. The van der Waals surface area contributed by atoms with Crippen LogP contribution in [-0.4, -0.2) is 45.3 Å². The average Bonchev–Trinajstić information content (AvgIpc) is 2.02.